The van der Waals surface area contributed by atoms with Crippen LogP contribution in [0.2, 0.25) is 0 Å². The Balaban J connectivity index is 2.02. The van der Waals surface area contributed by atoms with Crippen molar-refractivity contribution in [1.29, 1.82) is 0 Å². The van der Waals surface area contributed by atoms with E-state index in [1.165, 1.54) is 11.8 Å². The van der Waals surface area contributed by atoms with Crippen molar-refractivity contribution in [3.63, 3.8) is 0 Å². The summed E-state index contributed by atoms with van der Waals surface area (Å²) >= 11 is 1.50. The minimum Gasteiger partial charge on any atom is -0.508 e. The Labute approximate surface area is 115 Å². The van der Waals surface area contributed by atoms with Crippen LogP contribution in [-0.2, 0) is 4.79 Å². The number of pyridine rings is 1. The van der Waals surface area contributed by atoms with Crippen molar-refractivity contribution < 1.29 is 9.90 Å². The number of nitrogens with zero attached hydrogens (tertiary/aromatic N) is 2. The van der Waals surface area contributed by atoms with Crippen LogP contribution in [-0.4, -0.2) is 21.8 Å². The first-order chi connectivity index (χ1) is 9.27. The third-order valence-electron chi connectivity index (χ3n) is 2.97. The van der Waals surface area contributed by atoms with Gasteiger partial charge in [0.15, 0.2) is 0 Å². The van der Waals surface area contributed by atoms with E-state index >= 15 is 0 Å². The Hall–Kier alpha value is -2.01. The smallest absolute Gasteiger partial charge is 0.239 e. The van der Waals surface area contributed by atoms with Gasteiger partial charge in [0, 0.05) is 11.8 Å². The van der Waals surface area contributed by atoms with Crippen molar-refractivity contribution in [2.45, 2.75) is 5.37 Å². The number of phenolic OH excluding ortho intramolecular Hbond substituents is 1. The molecule has 1 unspecified atom stereocenters. The lowest BCUT2D eigenvalue weighted by Crippen LogP contribution is -2.28. The molecule has 1 aliphatic heterocycles. The number of para-hydroxylation sites is 1. The number of carbonyl (C=O) groups is 1. The highest BCUT2D eigenvalue weighted by Crippen LogP contribution is 2.43. The first-order valence-corrected chi connectivity index (χ1v) is 6.95. The predicted molar refractivity (Wildman–Crippen MR) is 75.0 cm³/mol. The second kappa shape index (κ2) is 4.93. The number of amides is 1. The number of phenols is 1. The zero-order valence-electron chi connectivity index (χ0n) is 10.1. The average Bonchev–Trinajstić information content (AvgIpc) is 2.82. The van der Waals surface area contributed by atoms with E-state index in [9.17, 15) is 9.90 Å². The molecule has 1 fully saturated rings. The normalized spacial score (nSPS) is 18.8. The van der Waals surface area contributed by atoms with Crippen molar-refractivity contribution >= 4 is 23.5 Å². The molecule has 96 valence electrons. The Morgan fingerprint density at radius 3 is 2.74 bits per heavy atom. The molecule has 5 heteroatoms. The van der Waals surface area contributed by atoms with E-state index in [1.54, 1.807) is 29.3 Å². The maximum Gasteiger partial charge on any atom is 0.239 e. The van der Waals surface area contributed by atoms with Crippen molar-refractivity contribution in [2.24, 2.45) is 0 Å². The zero-order valence-corrected chi connectivity index (χ0v) is 10.9. The van der Waals surface area contributed by atoms with Gasteiger partial charge < -0.3 is 5.11 Å². The summed E-state index contributed by atoms with van der Waals surface area (Å²) in [5, 5.41) is 9.73. The first kappa shape index (κ1) is 12.0. The number of aromatic hydroxyl groups is 1. The highest BCUT2D eigenvalue weighted by Gasteiger charge is 2.35. The van der Waals surface area contributed by atoms with E-state index in [0.29, 0.717) is 11.6 Å². The average molecular weight is 272 g/mol. The molecule has 2 aromatic rings. The minimum absolute atomic E-state index is 0.0111. The fourth-order valence-electron chi connectivity index (χ4n) is 2.09. The van der Waals surface area contributed by atoms with E-state index in [2.05, 4.69) is 4.98 Å². The SMILES string of the molecule is O=C1CSC(c2ccccc2O)N1c1ccccn1. The van der Waals surface area contributed by atoms with Gasteiger partial charge in [-0.3, -0.25) is 9.69 Å². The van der Waals surface area contributed by atoms with Crippen molar-refractivity contribution in [3.05, 3.63) is 54.2 Å². The lowest BCUT2D eigenvalue weighted by molar-refractivity contribution is -0.115. The third kappa shape index (κ3) is 2.17. The molecule has 1 N–H and O–H groups in total. The molecule has 1 amide bonds. The lowest BCUT2D eigenvalue weighted by Gasteiger charge is -2.23. The highest BCUT2D eigenvalue weighted by atomic mass is 32.2. The molecule has 1 aromatic carbocycles. The molecule has 1 atom stereocenters. The summed E-state index contributed by atoms with van der Waals surface area (Å²) in [6.45, 7) is 0. The molecule has 4 nitrogen and oxygen atoms in total. The molecule has 0 radical (unpaired) electrons. The number of carbonyl (C=O) groups excluding carboxylic acids is 1. The molecule has 2 heterocycles. The molecule has 19 heavy (non-hydrogen) atoms. The first-order valence-electron chi connectivity index (χ1n) is 5.90. The largest absolute Gasteiger partial charge is 0.508 e. The number of anilines is 1. The molecule has 0 spiro atoms. The maximum atomic E-state index is 12.1. The van der Waals surface area contributed by atoms with E-state index in [1.807, 2.05) is 24.3 Å². The Morgan fingerprint density at radius 1 is 1.21 bits per heavy atom. The number of rotatable bonds is 2. The van der Waals surface area contributed by atoms with E-state index in [0.717, 1.165) is 5.56 Å². The summed E-state index contributed by atoms with van der Waals surface area (Å²) in [5.41, 5.74) is 0.740. The van der Waals surface area contributed by atoms with Gasteiger partial charge >= 0.3 is 0 Å². The monoisotopic (exact) mass is 272 g/mol. The molecule has 1 aromatic heterocycles. The van der Waals surface area contributed by atoms with Crippen molar-refractivity contribution in [1.82, 2.24) is 4.98 Å². The van der Waals surface area contributed by atoms with Gasteiger partial charge in [0.25, 0.3) is 0 Å². The number of hydrogen-bond acceptors (Lipinski definition) is 4. The second-order valence-corrected chi connectivity index (χ2v) is 5.24. The highest BCUT2D eigenvalue weighted by molar-refractivity contribution is 8.00. The molecular formula is C14H12N2O2S. The minimum atomic E-state index is -0.219. The number of thioether (sulfide) groups is 1. The van der Waals surface area contributed by atoms with Crippen LogP contribution in [0.5, 0.6) is 5.75 Å². The summed E-state index contributed by atoms with van der Waals surface area (Å²) in [4.78, 5) is 17.9. The standard InChI is InChI=1S/C14H12N2O2S/c17-11-6-2-1-5-10(11)14-16(13(18)9-19-14)12-7-3-4-8-15-12/h1-8,14,17H,9H2. The zero-order chi connectivity index (χ0) is 13.2. The third-order valence-corrected chi connectivity index (χ3v) is 4.16. The van der Waals surface area contributed by atoms with E-state index in [-0.39, 0.29) is 17.0 Å². The lowest BCUT2D eigenvalue weighted by atomic mass is 10.2. The van der Waals surface area contributed by atoms with Gasteiger partial charge in [0.1, 0.15) is 16.9 Å². The van der Waals surface area contributed by atoms with Crippen molar-refractivity contribution in [3.8, 4) is 5.75 Å². The Morgan fingerprint density at radius 2 is 2.00 bits per heavy atom. The van der Waals surface area contributed by atoms with Gasteiger partial charge in [0.2, 0.25) is 5.91 Å². The molecular weight excluding hydrogens is 260 g/mol. The van der Waals surface area contributed by atoms with Crippen LogP contribution in [0.25, 0.3) is 0 Å². The molecule has 3 rings (SSSR count). The molecule has 1 aliphatic rings. The van der Waals surface area contributed by atoms with Crippen LogP contribution in [0, 0.1) is 0 Å². The van der Waals surface area contributed by atoms with Crippen molar-refractivity contribution in [2.75, 3.05) is 10.7 Å². The topological polar surface area (TPSA) is 53.4 Å². The number of aromatic nitrogens is 1. The maximum absolute atomic E-state index is 12.1. The van der Waals surface area contributed by atoms with Gasteiger partial charge in [-0.05, 0) is 18.2 Å². The van der Waals surface area contributed by atoms with Gasteiger partial charge in [-0.15, -0.1) is 11.8 Å². The van der Waals surface area contributed by atoms with Gasteiger partial charge in [-0.2, -0.15) is 0 Å². The van der Waals surface area contributed by atoms with Gasteiger partial charge in [-0.25, -0.2) is 4.98 Å². The molecule has 1 saturated heterocycles. The fourth-order valence-corrected chi connectivity index (χ4v) is 3.29. The summed E-state index contributed by atoms with van der Waals surface area (Å²) in [5.74, 6) is 1.23. The van der Waals surface area contributed by atoms with Gasteiger partial charge in [-0.1, -0.05) is 24.3 Å². The summed E-state index contributed by atoms with van der Waals surface area (Å²) in [6, 6.07) is 12.6. The van der Waals surface area contributed by atoms with Crippen LogP contribution >= 0.6 is 11.8 Å². The van der Waals surface area contributed by atoms with Crippen LogP contribution in [0.15, 0.2) is 48.7 Å². The molecule has 0 aliphatic carbocycles. The van der Waals surface area contributed by atoms with E-state index < -0.39 is 0 Å². The number of benzene rings is 1. The van der Waals surface area contributed by atoms with Crippen LogP contribution in [0.3, 0.4) is 0 Å². The quantitative estimate of drug-likeness (QED) is 0.913. The Kier molecular flexibility index (Phi) is 3.13. The molecule has 0 saturated carbocycles. The second-order valence-electron chi connectivity index (χ2n) is 4.17. The van der Waals surface area contributed by atoms with E-state index in [4.69, 9.17) is 0 Å². The fraction of sp³-hybridized carbons (Fsp3) is 0.143. The van der Waals surface area contributed by atoms with Crippen LogP contribution in [0.1, 0.15) is 10.9 Å². The van der Waals surface area contributed by atoms with Crippen LogP contribution in [0.4, 0.5) is 5.82 Å². The van der Waals surface area contributed by atoms with Crippen LogP contribution < -0.4 is 4.90 Å². The summed E-state index contributed by atoms with van der Waals surface area (Å²) < 4.78 is 0. The number of hydrogen-bond donors (Lipinski definition) is 1. The molecule has 0 bridgehead atoms. The summed E-state index contributed by atoms with van der Waals surface area (Å²) in [7, 11) is 0. The summed E-state index contributed by atoms with van der Waals surface area (Å²) in [6.07, 6.45) is 1.66. The Bertz CT molecular complexity index is 603. The van der Waals surface area contributed by atoms with Gasteiger partial charge in [0.05, 0.1) is 5.75 Å². The predicted octanol–water partition coefficient (Wildman–Crippen LogP) is 2.57.